The quantitative estimate of drug-likeness (QED) is 0.147. The van der Waals surface area contributed by atoms with Gasteiger partial charge in [0.05, 0.1) is 10.4 Å². The zero-order valence-electron chi connectivity index (χ0n) is 21.7. The minimum atomic E-state index is -0.201. The highest BCUT2D eigenvalue weighted by molar-refractivity contribution is 7.99. The summed E-state index contributed by atoms with van der Waals surface area (Å²) < 4.78 is 8.31. The van der Waals surface area contributed by atoms with Crippen LogP contribution in [0.25, 0.3) is 21.8 Å². The van der Waals surface area contributed by atoms with Gasteiger partial charge in [0.25, 0.3) is 0 Å². The maximum Gasteiger partial charge on any atom is 0.311 e. The number of hydrogen-bond acceptors (Lipinski definition) is 4. The third-order valence-electron chi connectivity index (χ3n) is 6.15. The second kappa shape index (κ2) is 11.2. The SMILES string of the molecule is CCCc1cc(OC(=O)CC(C)C)c(SC)c2c1c1ccccc1n2Cc1cccc(NC(C)=O)c1. The van der Waals surface area contributed by atoms with Gasteiger partial charge in [0, 0.05) is 41.9 Å². The van der Waals surface area contributed by atoms with E-state index in [1.54, 1.807) is 11.8 Å². The van der Waals surface area contributed by atoms with Gasteiger partial charge in [0.2, 0.25) is 5.91 Å². The van der Waals surface area contributed by atoms with Gasteiger partial charge in [0.1, 0.15) is 5.75 Å². The van der Waals surface area contributed by atoms with Crippen LogP contribution < -0.4 is 10.1 Å². The highest BCUT2D eigenvalue weighted by Gasteiger charge is 2.22. The number of carbonyl (C=O) groups excluding carboxylic acids is 2. The first-order valence-electron chi connectivity index (χ1n) is 12.5. The monoisotopic (exact) mass is 502 g/mol. The Balaban J connectivity index is 1.95. The Hall–Kier alpha value is -3.25. The lowest BCUT2D eigenvalue weighted by Gasteiger charge is -2.17. The standard InChI is InChI=1S/C30H34N2O3S/c1-6-10-22-17-26(35-27(34)15-19(2)3)30(36-5)29-28(22)24-13-7-8-14-25(24)32(29)18-21-11-9-12-23(16-21)31-20(4)33/h7-9,11-14,16-17,19H,6,10,15,18H2,1-5H3,(H,31,33). The Kier molecular flexibility index (Phi) is 8.04. The van der Waals surface area contributed by atoms with E-state index in [2.05, 4.69) is 53.2 Å². The highest BCUT2D eigenvalue weighted by Crippen LogP contribution is 2.43. The summed E-state index contributed by atoms with van der Waals surface area (Å²) >= 11 is 1.61. The number of thioether (sulfide) groups is 1. The summed E-state index contributed by atoms with van der Waals surface area (Å²) in [4.78, 5) is 25.3. The fraction of sp³-hybridized carbons (Fsp3) is 0.333. The molecule has 0 aliphatic rings. The molecule has 0 bridgehead atoms. The van der Waals surface area contributed by atoms with Crippen molar-refractivity contribution in [3.63, 3.8) is 0 Å². The van der Waals surface area contributed by atoms with E-state index < -0.39 is 0 Å². The number of rotatable bonds is 9. The summed E-state index contributed by atoms with van der Waals surface area (Å²) in [6, 6.07) is 18.5. The molecule has 1 N–H and O–H groups in total. The molecule has 0 aliphatic carbocycles. The molecule has 5 nitrogen and oxygen atoms in total. The average Bonchev–Trinajstić information content (AvgIpc) is 3.13. The van der Waals surface area contributed by atoms with Gasteiger partial charge < -0.3 is 14.6 Å². The van der Waals surface area contributed by atoms with Gasteiger partial charge in [-0.25, -0.2) is 0 Å². The number of ether oxygens (including phenoxy) is 1. The second-order valence-electron chi connectivity index (χ2n) is 9.60. The Morgan fingerprint density at radius 2 is 1.86 bits per heavy atom. The largest absolute Gasteiger partial charge is 0.425 e. The molecule has 0 aliphatic heterocycles. The minimum Gasteiger partial charge on any atom is -0.425 e. The number of aromatic nitrogens is 1. The van der Waals surface area contributed by atoms with Gasteiger partial charge in [-0.3, -0.25) is 9.59 Å². The molecule has 0 fully saturated rings. The summed E-state index contributed by atoms with van der Waals surface area (Å²) in [5.41, 5.74) is 5.28. The molecule has 0 saturated carbocycles. The van der Waals surface area contributed by atoms with Crippen LogP contribution in [0.1, 0.15) is 51.7 Å². The van der Waals surface area contributed by atoms with Crippen molar-refractivity contribution in [3.8, 4) is 5.75 Å². The van der Waals surface area contributed by atoms with Gasteiger partial charge in [0.15, 0.2) is 0 Å². The number of aryl methyl sites for hydroxylation is 1. The summed E-state index contributed by atoms with van der Waals surface area (Å²) in [6.45, 7) is 8.36. The molecular formula is C30H34N2O3S. The molecule has 1 heterocycles. The summed E-state index contributed by atoms with van der Waals surface area (Å²) in [7, 11) is 0. The molecule has 0 radical (unpaired) electrons. The first kappa shape index (κ1) is 25.8. The Bertz CT molecular complexity index is 1420. The van der Waals surface area contributed by atoms with Crippen molar-refractivity contribution in [3.05, 3.63) is 65.7 Å². The average molecular weight is 503 g/mol. The van der Waals surface area contributed by atoms with E-state index in [1.165, 1.54) is 23.3 Å². The molecule has 188 valence electrons. The molecule has 36 heavy (non-hydrogen) atoms. The van der Waals surface area contributed by atoms with Crippen LogP contribution in [0.4, 0.5) is 5.69 Å². The number of nitrogens with one attached hydrogen (secondary N) is 1. The maximum absolute atomic E-state index is 12.7. The number of esters is 1. The first-order chi connectivity index (χ1) is 17.3. The number of nitrogens with zero attached hydrogens (tertiary/aromatic N) is 1. The number of carbonyl (C=O) groups is 2. The van der Waals surface area contributed by atoms with E-state index in [1.807, 2.05) is 38.3 Å². The Morgan fingerprint density at radius 1 is 1.08 bits per heavy atom. The molecule has 0 saturated heterocycles. The van der Waals surface area contributed by atoms with Crippen molar-refractivity contribution in [1.29, 1.82) is 0 Å². The molecule has 4 aromatic rings. The van der Waals surface area contributed by atoms with Gasteiger partial charge in [-0.15, -0.1) is 11.8 Å². The highest BCUT2D eigenvalue weighted by atomic mass is 32.2. The van der Waals surface area contributed by atoms with Crippen LogP contribution in [0.2, 0.25) is 0 Å². The predicted molar refractivity (Wildman–Crippen MR) is 150 cm³/mol. The van der Waals surface area contributed by atoms with E-state index in [0.717, 1.165) is 40.0 Å². The van der Waals surface area contributed by atoms with Gasteiger partial charge in [-0.1, -0.05) is 57.5 Å². The van der Waals surface area contributed by atoms with E-state index in [9.17, 15) is 9.59 Å². The molecule has 1 amide bonds. The molecule has 6 heteroatoms. The van der Waals surface area contributed by atoms with E-state index in [0.29, 0.717) is 18.7 Å². The van der Waals surface area contributed by atoms with Crippen molar-refractivity contribution >= 4 is 51.1 Å². The van der Waals surface area contributed by atoms with Gasteiger partial charge in [-0.2, -0.15) is 0 Å². The molecule has 0 atom stereocenters. The third-order valence-corrected chi connectivity index (χ3v) is 6.95. The summed E-state index contributed by atoms with van der Waals surface area (Å²) in [6.07, 6.45) is 4.30. The van der Waals surface area contributed by atoms with Crippen molar-refractivity contribution in [1.82, 2.24) is 4.57 Å². The lowest BCUT2D eigenvalue weighted by atomic mass is 10.0. The molecule has 3 aromatic carbocycles. The first-order valence-corrected chi connectivity index (χ1v) is 13.7. The zero-order chi connectivity index (χ0) is 25.8. The summed E-state index contributed by atoms with van der Waals surface area (Å²) in [5.74, 6) is 0.579. The Morgan fingerprint density at radius 3 is 2.56 bits per heavy atom. The van der Waals surface area contributed by atoms with Crippen LogP contribution in [0.15, 0.2) is 59.5 Å². The summed E-state index contributed by atoms with van der Waals surface area (Å²) in [5, 5.41) is 5.30. The van der Waals surface area contributed by atoms with Gasteiger partial charge >= 0.3 is 5.97 Å². The normalized spacial score (nSPS) is 11.4. The van der Waals surface area contributed by atoms with Gasteiger partial charge in [-0.05, 0) is 54.0 Å². The molecule has 0 spiro atoms. The van der Waals surface area contributed by atoms with Crippen LogP contribution >= 0.6 is 11.8 Å². The fourth-order valence-corrected chi connectivity index (χ4v) is 5.52. The number of anilines is 1. The number of benzene rings is 3. The predicted octanol–water partition coefficient (Wildman–Crippen LogP) is 7.43. The van der Waals surface area contributed by atoms with Crippen molar-refractivity contribution in [2.45, 2.75) is 58.4 Å². The number of fused-ring (bicyclic) bond motifs is 3. The van der Waals surface area contributed by atoms with Crippen LogP contribution in [0.3, 0.4) is 0 Å². The van der Waals surface area contributed by atoms with Crippen LogP contribution in [0, 0.1) is 5.92 Å². The topological polar surface area (TPSA) is 60.3 Å². The minimum absolute atomic E-state index is 0.0919. The van der Waals surface area contributed by atoms with Crippen molar-refractivity contribution < 1.29 is 14.3 Å². The zero-order valence-corrected chi connectivity index (χ0v) is 22.5. The molecular weight excluding hydrogens is 468 g/mol. The fourth-order valence-electron chi connectivity index (χ4n) is 4.81. The van der Waals surface area contributed by atoms with Crippen molar-refractivity contribution in [2.24, 2.45) is 5.92 Å². The number of amides is 1. The molecule has 0 unspecified atom stereocenters. The van der Waals surface area contributed by atoms with E-state index in [4.69, 9.17) is 4.74 Å². The smallest absolute Gasteiger partial charge is 0.311 e. The van der Waals surface area contributed by atoms with Crippen LogP contribution in [-0.2, 0) is 22.6 Å². The van der Waals surface area contributed by atoms with E-state index >= 15 is 0 Å². The van der Waals surface area contributed by atoms with Crippen molar-refractivity contribution in [2.75, 3.05) is 11.6 Å². The third kappa shape index (κ3) is 5.44. The number of para-hydroxylation sites is 1. The number of hydrogen-bond donors (Lipinski definition) is 1. The lowest BCUT2D eigenvalue weighted by molar-refractivity contribution is -0.135. The maximum atomic E-state index is 12.7. The van der Waals surface area contributed by atoms with Crippen LogP contribution in [0.5, 0.6) is 5.75 Å². The van der Waals surface area contributed by atoms with E-state index in [-0.39, 0.29) is 17.8 Å². The van der Waals surface area contributed by atoms with Crippen LogP contribution in [-0.4, -0.2) is 22.7 Å². The molecule has 1 aromatic heterocycles. The second-order valence-corrected chi connectivity index (χ2v) is 10.4. The Labute approximate surface area is 217 Å². The molecule has 4 rings (SSSR count). The lowest BCUT2D eigenvalue weighted by Crippen LogP contribution is -2.12.